The van der Waals surface area contributed by atoms with Gasteiger partial charge in [-0.1, -0.05) is 35.3 Å². The average molecular weight is 478 g/mol. The van der Waals surface area contributed by atoms with E-state index in [-0.39, 0.29) is 17.1 Å². The van der Waals surface area contributed by atoms with Crippen molar-refractivity contribution in [2.24, 2.45) is 0 Å². The van der Waals surface area contributed by atoms with Crippen LogP contribution in [0.5, 0.6) is 0 Å². The molecular formula is C23H18Cl2FNO3S. The van der Waals surface area contributed by atoms with Crippen molar-refractivity contribution in [2.45, 2.75) is 24.2 Å². The first kappa shape index (κ1) is 21.8. The number of hydrogen-bond donors (Lipinski definition) is 0. The number of nitrogens with zero attached hydrogens (tertiary/aromatic N) is 1. The van der Waals surface area contributed by atoms with Crippen LogP contribution in [0.4, 0.5) is 10.1 Å². The molecule has 0 aromatic heterocycles. The van der Waals surface area contributed by atoms with Crippen LogP contribution in [0.2, 0.25) is 10.0 Å². The highest BCUT2D eigenvalue weighted by Gasteiger charge is 2.29. The monoisotopic (exact) mass is 477 g/mol. The number of aryl methyl sites for hydroxylation is 1. The van der Waals surface area contributed by atoms with Crippen molar-refractivity contribution in [1.29, 1.82) is 0 Å². The lowest BCUT2D eigenvalue weighted by Gasteiger charge is -2.31. The third-order valence-corrected chi connectivity index (χ3v) is 7.61. The highest BCUT2D eigenvalue weighted by molar-refractivity contribution is 7.92. The zero-order valence-electron chi connectivity index (χ0n) is 16.3. The number of fused-ring (bicyclic) bond motifs is 1. The van der Waals surface area contributed by atoms with E-state index in [2.05, 4.69) is 0 Å². The Morgan fingerprint density at radius 2 is 1.74 bits per heavy atom. The van der Waals surface area contributed by atoms with E-state index < -0.39 is 15.8 Å². The number of halogens is 3. The number of rotatable bonds is 5. The molecule has 8 heteroatoms. The van der Waals surface area contributed by atoms with Gasteiger partial charge in [-0.3, -0.25) is 9.10 Å². The fourth-order valence-corrected chi connectivity index (χ4v) is 5.60. The Morgan fingerprint density at radius 3 is 2.48 bits per heavy atom. The first-order valence-corrected chi connectivity index (χ1v) is 11.8. The summed E-state index contributed by atoms with van der Waals surface area (Å²) in [5.41, 5.74) is 2.41. The van der Waals surface area contributed by atoms with Gasteiger partial charge >= 0.3 is 0 Å². The number of Topliss-reactive ketones (excluding diaryl/α,β-unsaturated/α-hetero) is 1. The molecule has 4 rings (SSSR count). The number of hydrogen-bond acceptors (Lipinski definition) is 3. The molecule has 4 nitrogen and oxygen atoms in total. The van der Waals surface area contributed by atoms with Crippen LogP contribution in [0.1, 0.15) is 27.9 Å². The third-order valence-electron chi connectivity index (χ3n) is 5.22. The minimum atomic E-state index is -3.86. The van der Waals surface area contributed by atoms with Gasteiger partial charge < -0.3 is 0 Å². The highest BCUT2D eigenvalue weighted by Crippen LogP contribution is 2.33. The van der Waals surface area contributed by atoms with Crippen LogP contribution in [0.3, 0.4) is 0 Å². The quantitative estimate of drug-likeness (QED) is 0.442. The number of anilines is 1. The summed E-state index contributed by atoms with van der Waals surface area (Å²) in [7, 11) is -3.86. The predicted molar refractivity (Wildman–Crippen MR) is 120 cm³/mol. The summed E-state index contributed by atoms with van der Waals surface area (Å²) < 4.78 is 41.0. The van der Waals surface area contributed by atoms with Crippen molar-refractivity contribution in [2.75, 3.05) is 10.8 Å². The van der Waals surface area contributed by atoms with Crippen molar-refractivity contribution in [3.8, 4) is 0 Å². The topological polar surface area (TPSA) is 54.5 Å². The maximum atomic E-state index is 13.3. The number of carbonyl (C=O) groups excluding carboxylic acids is 1. The molecule has 0 N–H and O–H groups in total. The molecule has 0 radical (unpaired) electrons. The highest BCUT2D eigenvalue weighted by atomic mass is 35.5. The first-order chi connectivity index (χ1) is 14.8. The van der Waals surface area contributed by atoms with Crippen molar-refractivity contribution in [3.05, 3.63) is 93.2 Å². The molecule has 160 valence electrons. The third kappa shape index (κ3) is 4.47. The number of sulfonamides is 1. The summed E-state index contributed by atoms with van der Waals surface area (Å²) in [5, 5.41) is 0.725. The fourth-order valence-electron chi connectivity index (χ4n) is 3.67. The molecule has 0 saturated heterocycles. The molecule has 1 aliphatic heterocycles. The van der Waals surface area contributed by atoms with Crippen molar-refractivity contribution in [3.63, 3.8) is 0 Å². The van der Waals surface area contributed by atoms with E-state index in [0.29, 0.717) is 39.8 Å². The Balaban J connectivity index is 1.67. The van der Waals surface area contributed by atoms with E-state index in [1.165, 1.54) is 22.5 Å². The van der Waals surface area contributed by atoms with Gasteiger partial charge in [0.25, 0.3) is 10.0 Å². The minimum absolute atomic E-state index is 0.0222. The van der Waals surface area contributed by atoms with Crippen LogP contribution >= 0.6 is 23.2 Å². The minimum Gasteiger partial charge on any atom is -0.294 e. The maximum Gasteiger partial charge on any atom is 0.264 e. The molecule has 0 unspecified atom stereocenters. The Labute approximate surface area is 190 Å². The van der Waals surface area contributed by atoms with Crippen LogP contribution in [-0.4, -0.2) is 20.7 Å². The van der Waals surface area contributed by atoms with Gasteiger partial charge in [-0.25, -0.2) is 12.8 Å². The van der Waals surface area contributed by atoms with Crippen LogP contribution in [0.25, 0.3) is 0 Å². The van der Waals surface area contributed by atoms with Gasteiger partial charge in [0.15, 0.2) is 5.78 Å². The lowest BCUT2D eigenvalue weighted by molar-refractivity contribution is 0.0993. The van der Waals surface area contributed by atoms with Gasteiger partial charge in [0.1, 0.15) is 5.82 Å². The molecule has 3 aromatic carbocycles. The summed E-state index contributed by atoms with van der Waals surface area (Å²) in [5.74, 6) is -0.713. The van der Waals surface area contributed by atoms with Crippen LogP contribution in [-0.2, 0) is 22.9 Å². The predicted octanol–water partition coefficient (Wildman–Crippen LogP) is 5.70. The van der Waals surface area contributed by atoms with Gasteiger partial charge in [-0.2, -0.15) is 0 Å². The van der Waals surface area contributed by atoms with E-state index in [0.717, 1.165) is 24.1 Å². The van der Waals surface area contributed by atoms with Crippen molar-refractivity contribution < 1.29 is 17.6 Å². The van der Waals surface area contributed by atoms with Gasteiger partial charge in [-0.15, -0.1) is 0 Å². The van der Waals surface area contributed by atoms with Crippen LogP contribution in [0.15, 0.2) is 65.6 Å². The number of ketones is 1. The zero-order valence-corrected chi connectivity index (χ0v) is 18.6. The lowest BCUT2D eigenvalue weighted by atomic mass is 9.97. The second-order valence-corrected chi connectivity index (χ2v) is 10.0. The zero-order chi connectivity index (χ0) is 22.2. The average Bonchev–Trinajstić information content (AvgIpc) is 2.75. The van der Waals surface area contributed by atoms with Gasteiger partial charge in [0.2, 0.25) is 0 Å². The Kier molecular flexibility index (Phi) is 6.06. The SMILES string of the molecule is O=C(Cc1ccc2c(c1)N(S(=O)(=O)c1ccc(F)cc1)CCC2)c1cc(Cl)ccc1Cl. The van der Waals surface area contributed by atoms with Gasteiger partial charge in [-0.05, 0) is 72.5 Å². The van der Waals surface area contributed by atoms with Crippen molar-refractivity contribution >= 4 is 44.7 Å². The summed E-state index contributed by atoms with van der Waals surface area (Å²) in [6.07, 6.45) is 1.46. The maximum absolute atomic E-state index is 13.3. The molecule has 0 amide bonds. The molecule has 1 heterocycles. The molecule has 0 spiro atoms. The largest absolute Gasteiger partial charge is 0.294 e. The van der Waals surface area contributed by atoms with Crippen LogP contribution in [0, 0.1) is 5.82 Å². The summed E-state index contributed by atoms with van der Waals surface area (Å²) in [6, 6.07) is 14.9. The molecule has 0 bridgehead atoms. The van der Waals surface area contributed by atoms with E-state index in [9.17, 15) is 17.6 Å². The molecule has 0 atom stereocenters. The van der Waals surface area contributed by atoms with Crippen molar-refractivity contribution in [1.82, 2.24) is 0 Å². The standard InChI is InChI=1S/C23H18Cl2FNO3S/c24-17-5-10-21(25)20(14-17)23(28)13-15-3-4-16-2-1-11-27(22(16)12-15)31(29,30)19-8-6-18(26)7-9-19/h3-10,12,14H,1-2,11,13H2. The normalized spacial score (nSPS) is 13.7. The number of carbonyl (C=O) groups is 1. The van der Waals surface area contributed by atoms with E-state index in [4.69, 9.17) is 23.2 Å². The lowest BCUT2D eigenvalue weighted by Crippen LogP contribution is -2.35. The number of benzene rings is 3. The molecule has 0 saturated carbocycles. The molecule has 0 aliphatic carbocycles. The molecule has 3 aromatic rings. The summed E-state index contributed by atoms with van der Waals surface area (Å²) in [6.45, 7) is 0.310. The fraction of sp³-hybridized carbons (Fsp3) is 0.174. The molecule has 1 aliphatic rings. The summed E-state index contributed by atoms with van der Waals surface area (Å²) in [4.78, 5) is 12.8. The Morgan fingerprint density at radius 1 is 1.00 bits per heavy atom. The van der Waals surface area contributed by atoms with E-state index >= 15 is 0 Å². The van der Waals surface area contributed by atoms with Gasteiger partial charge in [0.05, 0.1) is 15.6 Å². The Hall–Kier alpha value is -2.41. The smallest absolute Gasteiger partial charge is 0.264 e. The second kappa shape index (κ2) is 8.61. The van der Waals surface area contributed by atoms with E-state index in [1.54, 1.807) is 18.2 Å². The summed E-state index contributed by atoms with van der Waals surface area (Å²) >= 11 is 12.1. The molecule has 0 fully saturated rings. The molecular weight excluding hydrogens is 460 g/mol. The second-order valence-electron chi connectivity index (χ2n) is 7.32. The van der Waals surface area contributed by atoms with E-state index in [1.807, 2.05) is 12.1 Å². The van der Waals surface area contributed by atoms with Gasteiger partial charge in [0, 0.05) is 23.6 Å². The first-order valence-electron chi connectivity index (χ1n) is 9.64. The Bertz CT molecular complexity index is 1260. The van der Waals surface area contributed by atoms with Crippen LogP contribution < -0.4 is 4.31 Å². The molecule has 31 heavy (non-hydrogen) atoms.